The Morgan fingerprint density at radius 3 is 2.59 bits per heavy atom. The molecule has 0 bridgehead atoms. The fraction of sp³-hybridized carbons (Fsp3) is 0.385. The van der Waals surface area contributed by atoms with Crippen molar-refractivity contribution < 1.29 is 14.3 Å². The number of esters is 1. The largest absolute Gasteiger partial charge is 0.469 e. The van der Waals surface area contributed by atoms with Gasteiger partial charge < -0.3 is 4.74 Å². The summed E-state index contributed by atoms with van der Waals surface area (Å²) in [7, 11) is 1.32. The summed E-state index contributed by atoms with van der Waals surface area (Å²) in [5, 5.41) is 0. The Labute approximate surface area is 109 Å². The summed E-state index contributed by atoms with van der Waals surface area (Å²) in [6.07, 6.45) is 0.112. The number of carbonyl (C=O) groups is 2. The lowest BCUT2D eigenvalue weighted by Gasteiger charge is -2.10. The highest BCUT2D eigenvalue weighted by atomic mass is 79.9. The first-order chi connectivity index (χ1) is 7.95. The summed E-state index contributed by atoms with van der Waals surface area (Å²) in [5.41, 5.74) is 1.68. The lowest BCUT2D eigenvalue weighted by molar-refractivity contribution is -0.141. The first-order valence-corrected chi connectivity index (χ1v) is 6.12. The van der Waals surface area contributed by atoms with Gasteiger partial charge >= 0.3 is 5.97 Å². The van der Waals surface area contributed by atoms with Crippen molar-refractivity contribution in [3.63, 3.8) is 0 Å². The van der Waals surface area contributed by atoms with Gasteiger partial charge in [0.1, 0.15) is 0 Å². The normalized spacial score (nSPS) is 12.0. The number of aryl methyl sites for hydroxylation is 1. The van der Waals surface area contributed by atoms with Gasteiger partial charge in [-0.25, -0.2) is 0 Å². The number of benzene rings is 1. The first-order valence-electron chi connectivity index (χ1n) is 5.33. The van der Waals surface area contributed by atoms with E-state index in [2.05, 4.69) is 20.7 Å². The Hall–Kier alpha value is -1.16. The Morgan fingerprint density at radius 1 is 1.41 bits per heavy atom. The molecule has 1 rings (SSSR count). The van der Waals surface area contributed by atoms with Crippen molar-refractivity contribution in [2.45, 2.75) is 20.3 Å². The molecule has 0 aliphatic carbocycles. The van der Waals surface area contributed by atoms with Gasteiger partial charge in [-0.05, 0) is 18.6 Å². The van der Waals surface area contributed by atoms with E-state index in [9.17, 15) is 9.59 Å². The monoisotopic (exact) mass is 298 g/mol. The van der Waals surface area contributed by atoms with Crippen LogP contribution in [0.25, 0.3) is 0 Å². The minimum Gasteiger partial charge on any atom is -0.469 e. The van der Waals surface area contributed by atoms with Crippen molar-refractivity contribution >= 4 is 27.7 Å². The summed E-state index contributed by atoms with van der Waals surface area (Å²) >= 11 is 3.38. The third kappa shape index (κ3) is 3.66. The Kier molecular flexibility index (Phi) is 4.87. The second-order valence-corrected chi connectivity index (χ2v) is 4.86. The van der Waals surface area contributed by atoms with Crippen LogP contribution in [0.1, 0.15) is 29.3 Å². The van der Waals surface area contributed by atoms with E-state index < -0.39 is 0 Å². The van der Waals surface area contributed by atoms with E-state index in [1.54, 1.807) is 19.1 Å². The van der Waals surface area contributed by atoms with Crippen LogP contribution in [-0.4, -0.2) is 18.9 Å². The predicted molar refractivity (Wildman–Crippen MR) is 69.0 cm³/mol. The number of hydrogen-bond acceptors (Lipinski definition) is 3. The van der Waals surface area contributed by atoms with Crippen molar-refractivity contribution in [1.82, 2.24) is 0 Å². The predicted octanol–water partition coefficient (Wildman–Crippen LogP) is 3.14. The van der Waals surface area contributed by atoms with Crippen LogP contribution in [0, 0.1) is 12.8 Å². The quantitative estimate of drug-likeness (QED) is 0.633. The molecule has 0 heterocycles. The maximum Gasteiger partial charge on any atom is 0.306 e. The van der Waals surface area contributed by atoms with Gasteiger partial charge in [0, 0.05) is 16.0 Å². The molecule has 92 valence electrons. The number of Topliss-reactive ketones (excluding diaryl/α,β-unsaturated/α-hetero) is 1. The lowest BCUT2D eigenvalue weighted by Crippen LogP contribution is -2.16. The van der Waals surface area contributed by atoms with Gasteiger partial charge in [-0.15, -0.1) is 0 Å². The molecule has 0 radical (unpaired) electrons. The van der Waals surface area contributed by atoms with Crippen molar-refractivity contribution in [2.75, 3.05) is 7.11 Å². The number of ether oxygens (including phenoxy) is 1. The van der Waals surface area contributed by atoms with E-state index in [1.165, 1.54) is 7.11 Å². The minimum atomic E-state index is -0.364. The third-order valence-corrected chi connectivity index (χ3v) is 3.46. The zero-order chi connectivity index (χ0) is 13.0. The highest BCUT2D eigenvalue weighted by Crippen LogP contribution is 2.20. The average Bonchev–Trinajstić information content (AvgIpc) is 2.31. The zero-order valence-electron chi connectivity index (χ0n) is 10.1. The molecule has 1 aromatic rings. The topological polar surface area (TPSA) is 43.4 Å². The van der Waals surface area contributed by atoms with Crippen molar-refractivity contribution in [2.24, 2.45) is 5.92 Å². The molecular formula is C13H15BrO3. The van der Waals surface area contributed by atoms with Gasteiger partial charge in [0.15, 0.2) is 5.78 Å². The number of methoxy groups -OCH3 is 1. The van der Waals surface area contributed by atoms with Crippen LogP contribution in [0.15, 0.2) is 22.7 Å². The zero-order valence-corrected chi connectivity index (χ0v) is 11.7. The smallest absolute Gasteiger partial charge is 0.306 e. The summed E-state index contributed by atoms with van der Waals surface area (Å²) in [6.45, 7) is 3.68. The molecule has 4 heteroatoms. The first kappa shape index (κ1) is 13.9. The average molecular weight is 299 g/mol. The molecule has 1 aromatic carbocycles. The molecular weight excluding hydrogens is 284 g/mol. The second kappa shape index (κ2) is 5.96. The van der Waals surface area contributed by atoms with Crippen molar-refractivity contribution in [1.29, 1.82) is 0 Å². The molecule has 0 aromatic heterocycles. The Balaban J connectivity index is 2.81. The SMILES string of the molecule is COC(=O)CC(C)C(=O)c1ccc(C)c(Br)c1. The molecule has 0 saturated heterocycles. The number of carbonyl (C=O) groups excluding carboxylic acids is 2. The fourth-order valence-corrected chi connectivity index (χ4v) is 1.84. The number of halogens is 1. The maximum absolute atomic E-state index is 12.0. The van der Waals surface area contributed by atoms with Crippen molar-refractivity contribution in [3.05, 3.63) is 33.8 Å². The van der Waals surface area contributed by atoms with Crippen molar-refractivity contribution in [3.8, 4) is 0 Å². The van der Waals surface area contributed by atoms with Crippen LogP contribution in [0.2, 0.25) is 0 Å². The van der Waals surface area contributed by atoms with E-state index >= 15 is 0 Å². The summed E-state index contributed by atoms with van der Waals surface area (Å²) in [6, 6.07) is 5.43. The third-order valence-electron chi connectivity index (χ3n) is 2.60. The molecule has 0 N–H and O–H groups in total. The van der Waals surface area contributed by atoms with E-state index in [0.29, 0.717) is 5.56 Å². The summed E-state index contributed by atoms with van der Waals surface area (Å²) in [4.78, 5) is 23.1. The van der Waals surface area contributed by atoms with Gasteiger partial charge in [-0.1, -0.05) is 35.0 Å². The molecule has 0 saturated carbocycles. The molecule has 3 nitrogen and oxygen atoms in total. The Bertz CT molecular complexity index is 440. The fourth-order valence-electron chi connectivity index (χ4n) is 1.46. The van der Waals surface area contributed by atoms with Crippen LogP contribution in [0.3, 0.4) is 0 Å². The lowest BCUT2D eigenvalue weighted by atomic mass is 9.96. The molecule has 0 fully saturated rings. The van der Waals surface area contributed by atoms with Gasteiger partial charge in [0.25, 0.3) is 0 Å². The van der Waals surface area contributed by atoms with Crippen LogP contribution in [0.4, 0.5) is 0 Å². The van der Waals surface area contributed by atoms with Crippen LogP contribution < -0.4 is 0 Å². The highest BCUT2D eigenvalue weighted by Gasteiger charge is 2.19. The summed E-state index contributed by atoms with van der Waals surface area (Å²) < 4.78 is 5.45. The highest BCUT2D eigenvalue weighted by molar-refractivity contribution is 9.10. The van der Waals surface area contributed by atoms with Gasteiger partial charge in [-0.2, -0.15) is 0 Å². The molecule has 1 unspecified atom stereocenters. The molecule has 0 aliphatic heterocycles. The van der Waals surface area contributed by atoms with E-state index in [4.69, 9.17) is 0 Å². The minimum absolute atomic E-state index is 0.0453. The van der Waals surface area contributed by atoms with Gasteiger partial charge in [-0.3, -0.25) is 9.59 Å². The molecule has 17 heavy (non-hydrogen) atoms. The van der Waals surface area contributed by atoms with Crippen LogP contribution in [0.5, 0.6) is 0 Å². The second-order valence-electron chi connectivity index (χ2n) is 4.01. The summed E-state index contributed by atoms with van der Waals surface area (Å²) in [5.74, 6) is -0.773. The standard InChI is InChI=1S/C13H15BrO3/c1-8-4-5-10(7-11(8)14)13(16)9(2)6-12(15)17-3/h4-5,7,9H,6H2,1-3H3. The molecule has 0 amide bonds. The molecule has 1 atom stereocenters. The van der Waals surface area contributed by atoms with E-state index in [-0.39, 0.29) is 24.1 Å². The van der Waals surface area contributed by atoms with Gasteiger partial charge in [0.05, 0.1) is 13.5 Å². The number of hydrogen-bond donors (Lipinski definition) is 0. The van der Waals surface area contributed by atoms with Crippen LogP contribution in [-0.2, 0) is 9.53 Å². The Morgan fingerprint density at radius 2 is 2.06 bits per heavy atom. The van der Waals surface area contributed by atoms with E-state index in [0.717, 1.165) is 10.0 Å². The van der Waals surface area contributed by atoms with E-state index in [1.807, 2.05) is 13.0 Å². The number of rotatable bonds is 4. The number of ketones is 1. The maximum atomic E-state index is 12.0. The molecule has 0 spiro atoms. The van der Waals surface area contributed by atoms with Crippen LogP contribution >= 0.6 is 15.9 Å². The van der Waals surface area contributed by atoms with Gasteiger partial charge in [0.2, 0.25) is 0 Å². The molecule has 0 aliphatic rings.